The Morgan fingerprint density at radius 2 is 2.10 bits per heavy atom. The SMILES string of the molecule is N#CCOc1ccccc1NS(=O)(=O)c1cncc(F)c1. The van der Waals surface area contributed by atoms with E-state index in [0.717, 1.165) is 18.5 Å². The Hall–Kier alpha value is -2.66. The van der Waals surface area contributed by atoms with Crippen LogP contribution in [0.2, 0.25) is 0 Å². The van der Waals surface area contributed by atoms with Gasteiger partial charge in [-0.15, -0.1) is 0 Å². The molecule has 6 nitrogen and oxygen atoms in total. The number of pyridine rings is 1. The molecule has 1 N–H and O–H groups in total. The summed E-state index contributed by atoms with van der Waals surface area (Å²) >= 11 is 0. The zero-order chi connectivity index (χ0) is 15.3. The largest absolute Gasteiger partial charge is 0.477 e. The maximum absolute atomic E-state index is 13.1. The van der Waals surface area contributed by atoms with Crippen molar-refractivity contribution in [2.45, 2.75) is 4.90 Å². The van der Waals surface area contributed by atoms with Crippen molar-refractivity contribution in [3.8, 4) is 11.8 Å². The van der Waals surface area contributed by atoms with E-state index in [2.05, 4.69) is 9.71 Å². The van der Waals surface area contributed by atoms with Crippen LogP contribution in [-0.2, 0) is 10.0 Å². The molecule has 21 heavy (non-hydrogen) atoms. The van der Waals surface area contributed by atoms with Gasteiger partial charge in [0.05, 0.1) is 11.9 Å². The number of ether oxygens (including phenoxy) is 1. The molecule has 0 spiro atoms. The van der Waals surface area contributed by atoms with E-state index in [-0.39, 0.29) is 22.9 Å². The smallest absolute Gasteiger partial charge is 0.263 e. The molecule has 0 radical (unpaired) electrons. The maximum Gasteiger partial charge on any atom is 0.263 e. The summed E-state index contributed by atoms with van der Waals surface area (Å²) in [6, 6.07) is 8.86. The Morgan fingerprint density at radius 3 is 2.81 bits per heavy atom. The second-order valence-electron chi connectivity index (χ2n) is 3.89. The first-order valence-corrected chi connectivity index (χ1v) is 7.23. The van der Waals surface area contributed by atoms with E-state index in [1.165, 1.54) is 12.1 Å². The van der Waals surface area contributed by atoms with Crippen molar-refractivity contribution in [1.82, 2.24) is 4.98 Å². The van der Waals surface area contributed by atoms with Crippen molar-refractivity contribution in [2.24, 2.45) is 0 Å². The summed E-state index contributed by atoms with van der Waals surface area (Å²) < 4.78 is 44.7. The quantitative estimate of drug-likeness (QED) is 0.911. The standard InChI is InChI=1S/C13H10FN3O3S/c14-10-7-11(9-16-8-10)21(18,19)17-12-3-1-2-4-13(12)20-6-5-15/h1-4,7-9,17H,6H2. The molecule has 1 aromatic heterocycles. The highest BCUT2D eigenvalue weighted by molar-refractivity contribution is 7.92. The number of halogens is 1. The minimum Gasteiger partial charge on any atom is -0.477 e. The van der Waals surface area contributed by atoms with Gasteiger partial charge in [0.1, 0.15) is 22.5 Å². The zero-order valence-corrected chi connectivity index (χ0v) is 11.5. The van der Waals surface area contributed by atoms with Gasteiger partial charge in [-0.25, -0.2) is 12.8 Å². The van der Waals surface area contributed by atoms with Gasteiger partial charge >= 0.3 is 0 Å². The van der Waals surface area contributed by atoms with E-state index >= 15 is 0 Å². The van der Waals surface area contributed by atoms with E-state index in [0.29, 0.717) is 0 Å². The summed E-state index contributed by atoms with van der Waals surface area (Å²) in [5.41, 5.74) is 0.150. The van der Waals surface area contributed by atoms with Gasteiger partial charge in [0.25, 0.3) is 10.0 Å². The van der Waals surface area contributed by atoms with Crippen LogP contribution in [0.4, 0.5) is 10.1 Å². The first kappa shape index (κ1) is 14.7. The third-order valence-electron chi connectivity index (χ3n) is 2.41. The Balaban J connectivity index is 2.31. The van der Waals surface area contributed by atoms with Gasteiger partial charge in [0.2, 0.25) is 0 Å². The second-order valence-corrected chi connectivity index (χ2v) is 5.57. The third kappa shape index (κ3) is 3.67. The molecule has 0 bridgehead atoms. The maximum atomic E-state index is 13.1. The number of para-hydroxylation sites is 2. The molecule has 0 fully saturated rings. The highest BCUT2D eigenvalue weighted by atomic mass is 32.2. The van der Waals surface area contributed by atoms with Crippen LogP contribution in [0.25, 0.3) is 0 Å². The predicted molar refractivity (Wildman–Crippen MR) is 72.6 cm³/mol. The van der Waals surface area contributed by atoms with Crippen LogP contribution in [0.3, 0.4) is 0 Å². The molecule has 1 heterocycles. The Bertz CT molecular complexity index is 787. The fourth-order valence-corrected chi connectivity index (χ4v) is 2.57. The molecule has 0 aliphatic rings. The first-order valence-electron chi connectivity index (χ1n) is 5.75. The molecule has 0 saturated heterocycles. The predicted octanol–water partition coefficient (Wildman–Crippen LogP) is 1.92. The summed E-state index contributed by atoms with van der Waals surface area (Å²) in [4.78, 5) is 3.19. The van der Waals surface area contributed by atoms with Gasteiger partial charge in [-0.05, 0) is 18.2 Å². The number of sulfonamides is 1. The number of benzene rings is 1. The average molecular weight is 307 g/mol. The highest BCUT2D eigenvalue weighted by Crippen LogP contribution is 2.26. The lowest BCUT2D eigenvalue weighted by molar-refractivity contribution is 0.370. The van der Waals surface area contributed by atoms with Crippen molar-refractivity contribution < 1.29 is 17.5 Å². The fourth-order valence-electron chi connectivity index (χ4n) is 1.53. The van der Waals surface area contributed by atoms with Crippen molar-refractivity contribution in [3.63, 3.8) is 0 Å². The van der Waals surface area contributed by atoms with Gasteiger partial charge in [-0.3, -0.25) is 9.71 Å². The van der Waals surface area contributed by atoms with E-state index in [1.807, 2.05) is 0 Å². The van der Waals surface area contributed by atoms with E-state index in [9.17, 15) is 12.8 Å². The summed E-state index contributed by atoms with van der Waals surface area (Å²) in [5, 5.41) is 8.50. The molecule has 0 aliphatic heterocycles. The Labute approximate surface area is 120 Å². The third-order valence-corrected chi connectivity index (χ3v) is 3.75. The highest BCUT2D eigenvalue weighted by Gasteiger charge is 2.17. The minimum absolute atomic E-state index is 0.150. The summed E-state index contributed by atoms with van der Waals surface area (Å²) in [6.45, 7) is -0.222. The number of anilines is 1. The van der Waals surface area contributed by atoms with Gasteiger partial charge < -0.3 is 4.74 Å². The molecule has 2 aromatic rings. The lowest BCUT2D eigenvalue weighted by atomic mass is 10.3. The molecule has 0 unspecified atom stereocenters. The number of hydrogen-bond donors (Lipinski definition) is 1. The Kier molecular flexibility index (Phi) is 4.35. The number of nitriles is 1. The molecule has 108 valence electrons. The van der Waals surface area contributed by atoms with E-state index in [4.69, 9.17) is 10.00 Å². The zero-order valence-electron chi connectivity index (χ0n) is 10.7. The molecule has 0 saturated carbocycles. The number of rotatable bonds is 5. The molecular weight excluding hydrogens is 297 g/mol. The fraction of sp³-hybridized carbons (Fsp3) is 0.0769. The second kappa shape index (κ2) is 6.19. The summed E-state index contributed by atoms with van der Waals surface area (Å²) in [7, 11) is -4.00. The van der Waals surface area contributed by atoms with Crippen LogP contribution in [0.1, 0.15) is 0 Å². The van der Waals surface area contributed by atoms with Crippen LogP contribution in [0.5, 0.6) is 5.75 Å². The van der Waals surface area contributed by atoms with Crippen LogP contribution < -0.4 is 9.46 Å². The molecule has 2 rings (SSSR count). The van der Waals surface area contributed by atoms with Crippen LogP contribution in [-0.4, -0.2) is 20.0 Å². The lowest BCUT2D eigenvalue weighted by Crippen LogP contribution is -2.14. The van der Waals surface area contributed by atoms with Gasteiger partial charge in [-0.2, -0.15) is 5.26 Å². The Morgan fingerprint density at radius 1 is 1.33 bits per heavy atom. The number of nitrogens with zero attached hydrogens (tertiary/aromatic N) is 2. The number of hydrogen-bond acceptors (Lipinski definition) is 5. The minimum atomic E-state index is -4.00. The van der Waals surface area contributed by atoms with Crippen molar-refractivity contribution in [3.05, 3.63) is 48.5 Å². The van der Waals surface area contributed by atoms with E-state index in [1.54, 1.807) is 18.2 Å². The van der Waals surface area contributed by atoms with Crippen LogP contribution in [0, 0.1) is 17.1 Å². The molecule has 1 aromatic carbocycles. The molecule has 8 heteroatoms. The molecule has 0 amide bonds. The molecule has 0 aliphatic carbocycles. The van der Waals surface area contributed by atoms with Crippen LogP contribution in [0.15, 0.2) is 47.6 Å². The van der Waals surface area contributed by atoms with Gasteiger partial charge in [0, 0.05) is 6.20 Å². The summed E-state index contributed by atoms with van der Waals surface area (Å²) in [6.07, 6.45) is 1.94. The van der Waals surface area contributed by atoms with Crippen molar-refractivity contribution >= 4 is 15.7 Å². The van der Waals surface area contributed by atoms with Gasteiger partial charge in [0.15, 0.2) is 6.61 Å². The molecular formula is C13H10FN3O3S. The monoisotopic (exact) mass is 307 g/mol. The number of nitrogens with one attached hydrogen (secondary N) is 1. The lowest BCUT2D eigenvalue weighted by Gasteiger charge is -2.12. The van der Waals surface area contributed by atoms with Crippen molar-refractivity contribution in [2.75, 3.05) is 11.3 Å². The molecule has 0 atom stereocenters. The normalized spacial score (nSPS) is 10.7. The average Bonchev–Trinajstić information content (AvgIpc) is 2.46. The van der Waals surface area contributed by atoms with Gasteiger partial charge in [-0.1, -0.05) is 12.1 Å². The topological polar surface area (TPSA) is 92.1 Å². The summed E-state index contributed by atoms with van der Waals surface area (Å²) in [5.74, 6) is -0.557. The van der Waals surface area contributed by atoms with Crippen LogP contribution >= 0.6 is 0 Å². The first-order chi connectivity index (χ1) is 10.0. The van der Waals surface area contributed by atoms with Crippen molar-refractivity contribution in [1.29, 1.82) is 5.26 Å². The number of aromatic nitrogens is 1. The van der Waals surface area contributed by atoms with E-state index < -0.39 is 15.8 Å².